The topological polar surface area (TPSA) is 24.9 Å². The van der Waals surface area contributed by atoms with Crippen molar-refractivity contribution < 1.29 is 13.2 Å². The average Bonchev–Trinajstić information content (AvgIpc) is 2.25. The van der Waals surface area contributed by atoms with E-state index in [4.69, 9.17) is 11.6 Å². The summed E-state index contributed by atoms with van der Waals surface area (Å²) in [5.74, 6) is 0.642. The van der Waals surface area contributed by atoms with Crippen molar-refractivity contribution in [2.75, 3.05) is 11.9 Å². The van der Waals surface area contributed by atoms with Crippen LogP contribution >= 0.6 is 11.6 Å². The molecule has 0 aliphatic carbocycles. The number of rotatable bonds is 5. The van der Waals surface area contributed by atoms with Crippen LogP contribution in [-0.2, 0) is 6.18 Å². The van der Waals surface area contributed by atoms with Crippen molar-refractivity contribution in [3.8, 4) is 0 Å². The molecule has 0 radical (unpaired) electrons. The van der Waals surface area contributed by atoms with Gasteiger partial charge in [-0.05, 0) is 24.5 Å². The van der Waals surface area contributed by atoms with Gasteiger partial charge in [0, 0.05) is 6.54 Å². The van der Waals surface area contributed by atoms with E-state index in [9.17, 15) is 13.2 Å². The molecule has 0 bridgehead atoms. The number of halogens is 4. The van der Waals surface area contributed by atoms with Gasteiger partial charge in [0.2, 0.25) is 0 Å². The van der Waals surface area contributed by atoms with Gasteiger partial charge in [-0.25, -0.2) is 4.98 Å². The van der Waals surface area contributed by atoms with Crippen molar-refractivity contribution in [3.63, 3.8) is 0 Å². The van der Waals surface area contributed by atoms with Gasteiger partial charge in [0.05, 0.1) is 5.38 Å². The Morgan fingerprint density at radius 3 is 2.56 bits per heavy atom. The molecule has 0 saturated heterocycles. The number of aromatic nitrogens is 1. The Morgan fingerprint density at radius 2 is 2.00 bits per heavy atom. The first-order valence-electron chi connectivity index (χ1n) is 5.71. The first-order chi connectivity index (χ1) is 8.29. The molecule has 0 aromatic carbocycles. The van der Waals surface area contributed by atoms with Gasteiger partial charge in [-0.2, -0.15) is 13.2 Å². The second kappa shape index (κ2) is 6.27. The van der Waals surface area contributed by atoms with Crippen molar-refractivity contribution in [1.29, 1.82) is 0 Å². The summed E-state index contributed by atoms with van der Waals surface area (Å²) in [5.41, 5.74) is -0.900. The summed E-state index contributed by atoms with van der Waals surface area (Å²) in [5, 5.41) is 2.70. The zero-order valence-corrected chi connectivity index (χ0v) is 11.0. The first kappa shape index (κ1) is 15.1. The number of nitrogens with zero attached hydrogens (tertiary/aromatic N) is 1. The van der Waals surface area contributed by atoms with Crippen LogP contribution < -0.4 is 5.32 Å². The van der Waals surface area contributed by atoms with Gasteiger partial charge in [0.1, 0.15) is 11.5 Å². The number of nitrogens with one attached hydrogen (secondary N) is 1. The zero-order valence-electron chi connectivity index (χ0n) is 10.3. The fourth-order valence-corrected chi connectivity index (χ4v) is 1.93. The molecule has 0 aliphatic rings. The van der Waals surface area contributed by atoms with Gasteiger partial charge in [-0.3, -0.25) is 0 Å². The van der Waals surface area contributed by atoms with Gasteiger partial charge in [0.15, 0.2) is 0 Å². The molecular weight excluding hydrogens is 265 g/mol. The van der Waals surface area contributed by atoms with Crippen molar-refractivity contribution in [3.05, 3.63) is 23.9 Å². The molecule has 0 aliphatic heterocycles. The molecule has 2 nitrogen and oxygen atoms in total. The molecule has 102 valence electrons. The molecule has 1 aromatic rings. The summed E-state index contributed by atoms with van der Waals surface area (Å²) in [4.78, 5) is 3.50. The molecule has 0 saturated carbocycles. The van der Waals surface area contributed by atoms with Crippen LogP contribution in [0.2, 0.25) is 0 Å². The number of pyridine rings is 1. The maximum atomic E-state index is 12.4. The highest BCUT2D eigenvalue weighted by atomic mass is 35.5. The van der Waals surface area contributed by atoms with Gasteiger partial charge in [0.25, 0.3) is 0 Å². The lowest BCUT2D eigenvalue weighted by Gasteiger charge is -2.14. The van der Waals surface area contributed by atoms with Crippen LogP contribution in [0.1, 0.15) is 26.0 Å². The molecule has 0 fully saturated rings. The highest BCUT2D eigenvalue weighted by Gasteiger charge is 2.32. The molecule has 1 aromatic heterocycles. The minimum atomic E-state index is -4.42. The van der Waals surface area contributed by atoms with Crippen molar-refractivity contribution >= 4 is 17.4 Å². The van der Waals surface area contributed by atoms with E-state index in [1.165, 1.54) is 12.1 Å². The highest BCUT2D eigenvalue weighted by Crippen LogP contribution is 2.28. The summed E-state index contributed by atoms with van der Waals surface area (Å²) in [6.07, 6.45) is -3.62. The maximum absolute atomic E-state index is 12.4. The summed E-state index contributed by atoms with van der Waals surface area (Å²) < 4.78 is 37.3. The fourth-order valence-electron chi connectivity index (χ4n) is 1.50. The molecule has 1 rings (SSSR count). The Labute approximate surface area is 110 Å². The molecule has 1 N–H and O–H groups in total. The zero-order chi connectivity index (χ0) is 13.8. The Hall–Kier alpha value is -0.970. The lowest BCUT2D eigenvalue weighted by Crippen LogP contribution is -2.18. The number of alkyl halides is 4. The minimum absolute atomic E-state index is 0.124. The molecule has 1 atom stereocenters. The van der Waals surface area contributed by atoms with Gasteiger partial charge < -0.3 is 5.32 Å². The van der Waals surface area contributed by atoms with E-state index in [0.29, 0.717) is 12.5 Å². The number of hydrogen-bond acceptors (Lipinski definition) is 2. The lowest BCUT2D eigenvalue weighted by molar-refractivity contribution is -0.141. The molecule has 1 heterocycles. The van der Waals surface area contributed by atoms with Gasteiger partial charge in [-0.1, -0.05) is 19.9 Å². The van der Waals surface area contributed by atoms with E-state index in [1.54, 1.807) is 0 Å². The van der Waals surface area contributed by atoms with Crippen molar-refractivity contribution in [2.24, 2.45) is 5.92 Å². The smallest absolute Gasteiger partial charge is 0.369 e. The van der Waals surface area contributed by atoms with Gasteiger partial charge >= 0.3 is 6.18 Å². The normalized spacial score (nSPS) is 13.7. The van der Waals surface area contributed by atoms with Gasteiger partial charge in [-0.15, -0.1) is 11.6 Å². The van der Waals surface area contributed by atoms with Crippen LogP contribution in [0.25, 0.3) is 0 Å². The van der Waals surface area contributed by atoms with E-state index in [-0.39, 0.29) is 11.2 Å². The lowest BCUT2D eigenvalue weighted by atomic mass is 10.1. The van der Waals surface area contributed by atoms with Crippen LogP contribution in [0.4, 0.5) is 19.0 Å². The largest absolute Gasteiger partial charge is 0.433 e. The van der Waals surface area contributed by atoms with Crippen LogP contribution in [0, 0.1) is 5.92 Å². The van der Waals surface area contributed by atoms with Crippen LogP contribution in [0.5, 0.6) is 0 Å². The van der Waals surface area contributed by atoms with E-state index >= 15 is 0 Å². The van der Waals surface area contributed by atoms with E-state index in [1.807, 2.05) is 13.8 Å². The Kier molecular flexibility index (Phi) is 5.26. The number of hydrogen-bond donors (Lipinski definition) is 1. The SMILES string of the molecule is CC(C)CC(Cl)CNc1cccc(C(F)(F)F)n1. The third-order valence-electron chi connectivity index (χ3n) is 2.27. The summed E-state index contributed by atoms with van der Waals surface area (Å²) in [6.45, 7) is 4.48. The third kappa shape index (κ3) is 5.12. The van der Waals surface area contributed by atoms with E-state index in [2.05, 4.69) is 10.3 Å². The van der Waals surface area contributed by atoms with E-state index in [0.717, 1.165) is 12.5 Å². The van der Waals surface area contributed by atoms with Crippen molar-refractivity contribution in [1.82, 2.24) is 4.98 Å². The van der Waals surface area contributed by atoms with Crippen molar-refractivity contribution in [2.45, 2.75) is 31.8 Å². The molecule has 6 heteroatoms. The molecule has 0 amide bonds. The van der Waals surface area contributed by atoms with E-state index < -0.39 is 11.9 Å². The second-order valence-corrected chi connectivity index (χ2v) is 5.13. The second-order valence-electron chi connectivity index (χ2n) is 4.51. The number of anilines is 1. The standard InChI is InChI=1S/C12H16ClF3N2/c1-8(2)6-9(13)7-17-11-5-3-4-10(18-11)12(14,15)16/h3-5,8-9H,6-7H2,1-2H3,(H,17,18). The summed E-state index contributed by atoms with van der Waals surface area (Å²) in [6, 6.07) is 3.76. The fraction of sp³-hybridized carbons (Fsp3) is 0.583. The summed E-state index contributed by atoms with van der Waals surface area (Å²) in [7, 11) is 0. The summed E-state index contributed by atoms with van der Waals surface area (Å²) >= 11 is 6.04. The van der Waals surface area contributed by atoms with Crippen LogP contribution in [-0.4, -0.2) is 16.9 Å². The Bertz CT molecular complexity index is 380. The molecule has 1 unspecified atom stereocenters. The Morgan fingerprint density at radius 1 is 1.33 bits per heavy atom. The highest BCUT2D eigenvalue weighted by molar-refractivity contribution is 6.20. The maximum Gasteiger partial charge on any atom is 0.433 e. The predicted octanol–water partition coefficient (Wildman–Crippen LogP) is 4.17. The van der Waals surface area contributed by atoms with Crippen LogP contribution in [0.15, 0.2) is 18.2 Å². The molecule has 18 heavy (non-hydrogen) atoms. The Balaban J connectivity index is 2.58. The average molecular weight is 281 g/mol. The monoisotopic (exact) mass is 280 g/mol. The predicted molar refractivity (Wildman–Crippen MR) is 66.8 cm³/mol. The quantitative estimate of drug-likeness (QED) is 0.819. The van der Waals surface area contributed by atoms with Crippen LogP contribution in [0.3, 0.4) is 0 Å². The molecular formula is C12H16ClF3N2. The minimum Gasteiger partial charge on any atom is -0.369 e. The molecule has 0 spiro atoms. The first-order valence-corrected chi connectivity index (χ1v) is 6.15. The third-order valence-corrected chi connectivity index (χ3v) is 2.60.